The molecule has 1 saturated carbocycles. The van der Waals surface area contributed by atoms with E-state index in [0.717, 1.165) is 29.5 Å². The number of anilines is 1. The number of benzene rings is 1. The van der Waals surface area contributed by atoms with Crippen LogP contribution >= 0.6 is 0 Å². The van der Waals surface area contributed by atoms with Gasteiger partial charge in [0.1, 0.15) is 11.6 Å². The van der Waals surface area contributed by atoms with Crippen LogP contribution in [0.1, 0.15) is 78.5 Å². The number of pyridine rings is 1. The SMILES string of the molecule is CCN1Cc2c(ccnc2N[C@@H](C)c2ccc(C3CCCC3)c(F)c2)C1=O. The molecule has 1 aliphatic carbocycles. The molecular weight excluding hydrogens is 341 g/mol. The summed E-state index contributed by atoms with van der Waals surface area (Å²) in [4.78, 5) is 18.6. The number of amides is 1. The van der Waals surface area contributed by atoms with Gasteiger partial charge in [-0.05, 0) is 55.9 Å². The van der Waals surface area contributed by atoms with Crippen molar-refractivity contribution in [3.63, 3.8) is 0 Å². The van der Waals surface area contributed by atoms with Gasteiger partial charge in [0.25, 0.3) is 5.91 Å². The van der Waals surface area contributed by atoms with Crippen LogP contribution in [0.3, 0.4) is 0 Å². The number of carbonyl (C=O) groups is 1. The Morgan fingerprint density at radius 3 is 2.78 bits per heavy atom. The minimum Gasteiger partial charge on any atom is -0.363 e. The first-order valence-electron chi connectivity index (χ1n) is 9.91. The highest BCUT2D eigenvalue weighted by Crippen LogP contribution is 2.36. The molecule has 27 heavy (non-hydrogen) atoms. The van der Waals surface area contributed by atoms with Crippen molar-refractivity contribution in [2.24, 2.45) is 0 Å². The quantitative estimate of drug-likeness (QED) is 0.806. The Labute approximate surface area is 159 Å². The standard InChI is InChI=1S/C22H26FN3O/c1-3-26-13-19-18(22(26)27)10-11-24-21(19)25-14(2)16-8-9-17(20(23)12-16)15-6-4-5-7-15/h8-12,14-15H,3-7,13H2,1-2H3,(H,24,25)/t14-/m0/s1. The first-order chi connectivity index (χ1) is 13.1. The van der Waals surface area contributed by atoms with Crippen molar-refractivity contribution in [3.8, 4) is 0 Å². The Kier molecular flexibility index (Phi) is 4.85. The van der Waals surface area contributed by atoms with E-state index in [1.54, 1.807) is 23.2 Å². The summed E-state index contributed by atoms with van der Waals surface area (Å²) in [5.41, 5.74) is 3.39. The number of rotatable bonds is 5. The summed E-state index contributed by atoms with van der Waals surface area (Å²) >= 11 is 0. The fourth-order valence-electron chi connectivity index (χ4n) is 4.33. The van der Waals surface area contributed by atoms with Gasteiger partial charge in [-0.2, -0.15) is 0 Å². The van der Waals surface area contributed by atoms with E-state index in [0.29, 0.717) is 30.4 Å². The topological polar surface area (TPSA) is 45.2 Å². The summed E-state index contributed by atoms with van der Waals surface area (Å²) in [5, 5.41) is 3.38. The van der Waals surface area contributed by atoms with E-state index in [1.807, 2.05) is 26.0 Å². The maximum atomic E-state index is 14.7. The molecule has 1 amide bonds. The molecule has 142 valence electrons. The summed E-state index contributed by atoms with van der Waals surface area (Å²) in [6.07, 6.45) is 6.23. The van der Waals surface area contributed by atoms with Crippen LogP contribution in [0.15, 0.2) is 30.5 Å². The molecule has 2 heterocycles. The molecule has 1 aliphatic heterocycles. The average Bonchev–Trinajstić information content (AvgIpc) is 3.30. The number of nitrogens with one attached hydrogen (secondary N) is 1. The molecule has 1 N–H and O–H groups in total. The highest BCUT2D eigenvalue weighted by Gasteiger charge is 2.29. The molecule has 4 nitrogen and oxygen atoms in total. The minimum atomic E-state index is -0.105. The largest absolute Gasteiger partial charge is 0.363 e. The highest BCUT2D eigenvalue weighted by molar-refractivity contribution is 5.99. The third-order valence-electron chi connectivity index (χ3n) is 5.98. The van der Waals surface area contributed by atoms with E-state index in [2.05, 4.69) is 10.3 Å². The average molecular weight is 367 g/mol. The predicted molar refractivity (Wildman–Crippen MR) is 104 cm³/mol. The summed E-state index contributed by atoms with van der Waals surface area (Å²) in [7, 11) is 0. The monoisotopic (exact) mass is 367 g/mol. The second-order valence-corrected chi connectivity index (χ2v) is 7.63. The van der Waals surface area contributed by atoms with E-state index in [-0.39, 0.29) is 17.8 Å². The van der Waals surface area contributed by atoms with Crippen molar-refractivity contribution in [1.82, 2.24) is 9.88 Å². The van der Waals surface area contributed by atoms with Crippen molar-refractivity contribution < 1.29 is 9.18 Å². The molecule has 2 aliphatic rings. The maximum Gasteiger partial charge on any atom is 0.254 e. The van der Waals surface area contributed by atoms with Crippen LogP contribution in [0.5, 0.6) is 0 Å². The van der Waals surface area contributed by atoms with Gasteiger partial charge in [0, 0.05) is 23.9 Å². The Hall–Kier alpha value is -2.43. The number of aromatic nitrogens is 1. The Balaban J connectivity index is 1.54. The minimum absolute atomic E-state index is 0.0533. The molecule has 1 aromatic heterocycles. The number of halogens is 1. The van der Waals surface area contributed by atoms with Gasteiger partial charge in [-0.3, -0.25) is 4.79 Å². The van der Waals surface area contributed by atoms with Crippen LogP contribution in [0, 0.1) is 5.82 Å². The summed E-state index contributed by atoms with van der Waals surface area (Å²) in [6.45, 7) is 5.22. The molecule has 4 rings (SSSR count). The van der Waals surface area contributed by atoms with Crippen LogP contribution in [0.4, 0.5) is 10.2 Å². The van der Waals surface area contributed by atoms with Gasteiger partial charge in [-0.1, -0.05) is 25.0 Å². The molecule has 1 atom stereocenters. The maximum absolute atomic E-state index is 14.7. The van der Waals surface area contributed by atoms with E-state index in [1.165, 1.54) is 12.8 Å². The first-order valence-corrected chi connectivity index (χ1v) is 9.91. The van der Waals surface area contributed by atoms with Crippen LogP contribution in [-0.4, -0.2) is 22.3 Å². The van der Waals surface area contributed by atoms with Crippen LogP contribution in [0.25, 0.3) is 0 Å². The predicted octanol–water partition coefficient (Wildman–Crippen LogP) is 5.03. The Morgan fingerprint density at radius 1 is 1.30 bits per heavy atom. The molecule has 0 spiro atoms. The lowest BCUT2D eigenvalue weighted by atomic mass is 9.94. The molecule has 2 aromatic rings. The van der Waals surface area contributed by atoms with Gasteiger partial charge in [-0.25, -0.2) is 9.37 Å². The second-order valence-electron chi connectivity index (χ2n) is 7.63. The number of fused-ring (bicyclic) bond motifs is 1. The third-order valence-corrected chi connectivity index (χ3v) is 5.98. The molecule has 0 radical (unpaired) electrons. The molecule has 0 bridgehead atoms. The van der Waals surface area contributed by atoms with Gasteiger partial charge >= 0.3 is 0 Å². The van der Waals surface area contributed by atoms with Gasteiger partial charge in [0.05, 0.1) is 12.6 Å². The number of hydrogen-bond acceptors (Lipinski definition) is 3. The molecule has 1 fully saturated rings. The molecule has 1 aromatic carbocycles. The van der Waals surface area contributed by atoms with Crippen LogP contribution < -0.4 is 5.32 Å². The lowest BCUT2D eigenvalue weighted by Gasteiger charge is -2.19. The number of carbonyl (C=O) groups excluding carboxylic acids is 1. The van der Waals surface area contributed by atoms with Gasteiger partial charge in [-0.15, -0.1) is 0 Å². The first kappa shape index (κ1) is 18.0. The summed E-state index contributed by atoms with van der Waals surface area (Å²) in [6, 6.07) is 7.30. The summed E-state index contributed by atoms with van der Waals surface area (Å²) in [5.74, 6) is 1.03. The second kappa shape index (κ2) is 7.29. The Bertz CT molecular complexity index is 861. The zero-order valence-electron chi connectivity index (χ0n) is 16.0. The van der Waals surface area contributed by atoms with Gasteiger partial charge in [0.15, 0.2) is 0 Å². The van der Waals surface area contributed by atoms with Crippen molar-refractivity contribution in [1.29, 1.82) is 0 Å². The summed E-state index contributed by atoms with van der Waals surface area (Å²) < 4.78 is 14.7. The van der Waals surface area contributed by atoms with Gasteiger partial charge < -0.3 is 10.2 Å². The number of hydrogen-bond donors (Lipinski definition) is 1. The lowest BCUT2D eigenvalue weighted by molar-refractivity contribution is 0.0787. The van der Waals surface area contributed by atoms with E-state index in [4.69, 9.17) is 0 Å². The van der Waals surface area contributed by atoms with Crippen molar-refractivity contribution in [3.05, 3.63) is 58.5 Å². The molecule has 0 saturated heterocycles. The third kappa shape index (κ3) is 3.31. The van der Waals surface area contributed by atoms with Gasteiger partial charge in [0.2, 0.25) is 0 Å². The fraction of sp³-hybridized carbons (Fsp3) is 0.455. The number of nitrogens with zero attached hydrogens (tertiary/aromatic N) is 2. The smallest absolute Gasteiger partial charge is 0.254 e. The van der Waals surface area contributed by atoms with Crippen molar-refractivity contribution in [2.45, 2.75) is 58.0 Å². The Morgan fingerprint density at radius 2 is 2.07 bits per heavy atom. The van der Waals surface area contributed by atoms with Crippen molar-refractivity contribution in [2.75, 3.05) is 11.9 Å². The zero-order chi connectivity index (χ0) is 19.0. The fourth-order valence-corrected chi connectivity index (χ4v) is 4.33. The molecular formula is C22H26FN3O. The van der Waals surface area contributed by atoms with Crippen LogP contribution in [-0.2, 0) is 6.54 Å². The van der Waals surface area contributed by atoms with E-state index >= 15 is 0 Å². The molecule has 0 unspecified atom stereocenters. The zero-order valence-corrected chi connectivity index (χ0v) is 16.0. The normalized spacial score (nSPS) is 18.0. The van der Waals surface area contributed by atoms with Crippen LogP contribution in [0.2, 0.25) is 0 Å². The lowest BCUT2D eigenvalue weighted by Crippen LogP contribution is -2.22. The van der Waals surface area contributed by atoms with Crippen molar-refractivity contribution >= 4 is 11.7 Å². The van der Waals surface area contributed by atoms with E-state index < -0.39 is 0 Å². The van der Waals surface area contributed by atoms with E-state index in [9.17, 15) is 9.18 Å². The highest BCUT2D eigenvalue weighted by atomic mass is 19.1. The molecule has 5 heteroatoms.